The number of halogens is 3. The number of rotatable bonds is 1. The first-order valence-corrected chi connectivity index (χ1v) is 10.9. The zero-order chi connectivity index (χ0) is 19.8. The number of aliphatic hydroxyl groups is 1. The molecule has 4 fully saturated rings. The summed E-state index contributed by atoms with van der Waals surface area (Å²) in [5.74, 6) is 2.47. The lowest BCUT2D eigenvalue weighted by Gasteiger charge is -2.62. The van der Waals surface area contributed by atoms with E-state index in [0.29, 0.717) is 35.5 Å². The first-order chi connectivity index (χ1) is 12.4. The number of hydrogen-bond donors (Lipinski definition) is 1. The minimum absolute atomic E-state index is 0.00169. The second-order valence-electron chi connectivity index (χ2n) is 10.9. The van der Waals surface area contributed by atoms with Crippen molar-refractivity contribution in [3.05, 3.63) is 12.2 Å². The molecule has 154 valence electrons. The molecule has 0 bridgehead atoms. The fourth-order valence-electron chi connectivity index (χ4n) is 8.31. The quantitative estimate of drug-likeness (QED) is 0.511. The molecule has 0 amide bonds. The van der Waals surface area contributed by atoms with Crippen LogP contribution in [0.1, 0.15) is 78.6 Å². The van der Waals surface area contributed by atoms with Gasteiger partial charge in [-0.25, -0.2) is 0 Å². The van der Waals surface area contributed by atoms with Crippen LogP contribution in [0.25, 0.3) is 0 Å². The maximum Gasteiger partial charge on any atom is 0.417 e. The molecule has 4 saturated carbocycles. The molecular formula is C23H35F3O. The smallest absolute Gasteiger partial charge is 0.380 e. The Kier molecular flexibility index (Phi) is 4.40. The van der Waals surface area contributed by atoms with Crippen molar-refractivity contribution >= 4 is 0 Å². The first-order valence-electron chi connectivity index (χ1n) is 10.9. The molecule has 0 radical (unpaired) electrons. The van der Waals surface area contributed by atoms with Crippen molar-refractivity contribution in [3.8, 4) is 0 Å². The van der Waals surface area contributed by atoms with Gasteiger partial charge in [0.2, 0.25) is 0 Å². The Morgan fingerprint density at radius 3 is 2.22 bits per heavy atom. The molecule has 8 atom stereocenters. The summed E-state index contributed by atoms with van der Waals surface area (Å²) in [7, 11) is 0. The Morgan fingerprint density at radius 2 is 1.59 bits per heavy atom. The number of fused-ring (bicyclic) bond motifs is 5. The van der Waals surface area contributed by atoms with Gasteiger partial charge in [-0.2, -0.15) is 13.2 Å². The number of hydrogen-bond acceptors (Lipinski definition) is 1. The van der Waals surface area contributed by atoms with Crippen molar-refractivity contribution in [2.45, 2.75) is 90.3 Å². The Bertz CT molecular complexity index is 628. The van der Waals surface area contributed by atoms with E-state index >= 15 is 0 Å². The molecule has 4 aliphatic carbocycles. The lowest BCUT2D eigenvalue weighted by atomic mass is 9.43. The minimum atomic E-state index is -4.50. The highest BCUT2D eigenvalue weighted by molar-refractivity contribution is 5.16. The molecule has 0 unspecified atom stereocenters. The summed E-state index contributed by atoms with van der Waals surface area (Å²) in [5.41, 5.74) is -0.863. The van der Waals surface area contributed by atoms with Crippen LogP contribution in [-0.2, 0) is 0 Å². The van der Waals surface area contributed by atoms with Gasteiger partial charge in [0.15, 0.2) is 5.60 Å². The summed E-state index contributed by atoms with van der Waals surface area (Å²) in [6.07, 6.45) is 2.49. The van der Waals surface area contributed by atoms with Crippen LogP contribution in [0.15, 0.2) is 12.2 Å². The lowest BCUT2D eigenvalue weighted by Crippen LogP contribution is -2.59. The highest BCUT2D eigenvalue weighted by Gasteiger charge is 2.64. The van der Waals surface area contributed by atoms with Gasteiger partial charge < -0.3 is 5.11 Å². The van der Waals surface area contributed by atoms with Crippen LogP contribution in [0.4, 0.5) is 13.2 Å². The first kappa shape index (κ1) is 19.8. The van der Waals surface area contributed by atoms with E-state index in [4.69, 9.17) is 0 Å². The largest absolute Gasteiger partial charge is 0.417 e. The van der Waals surface area contributed by atoms with Crippen LogP contribution in [0, 0.1) is 40.4 Å². The minimum Gasteiger partial charge on any atom is -0.380 e. The molecule has 4 rings (SSSR count). The maximum atomic E-state index is 13.4. The van der Waals surface area contributed by atoms with E-state index in [1.165, 1.54) is 24.8 Å². The van der Waals surface area contributed by atoms with E-state index < -0.39 is 11.8 Å². The third-order valence-electron chi connectivity index (χ3n) is 9.85. The van der Waals surface area contributed by atoms with E-state index in [1.54, 1.807) is 0 Å². The predicted molar refractivity (Wildman–Crippen MR) is 101 cm³/mol. The molecule has 0 saturated heterocycles. The van der Waals surface area contributed by atoms with Gasteiger partial charge in [0, 0.05) is 0 Å². The SMILES string of the molecule is C=C(C)[C@H]1CC[C@H]2[C@@H]3CC[C@H]4C[C@](O)(C(F)(F)F)CC[C@]4(C)[C@H]3CC[C@]12C. The maximum absolute atomic E-state index is 13.4. The molecule has 0 aliphatic heterocycles. The topological polar surface area (TPSA) is 20.2 Å². The Balaban J connectivity index is 1.59. The van der Waals surface area contributed by atoms with Crippen LogP contribution in [0.5, 0.6) is 0 Å². The van der Waals surface area contributed by atoms with E-state index in [9.17, 15) is 18.3 Å². The zero-order valence-electron chi connectivity index (χ0n) is 17.0. The molecule has 0 spiro atoms. The molecule has 0 aromatic rings. The molecular weight excluding hydrogens is 349 g/mol. The van der Waals surface area contributed by atoms with Gasteiger partial charge in [-0.1, -0.05) is 26.0 Å². The van der Waals surface area contributed by atoms with Gasteiger partial charge in [-0.15, -0.1) is 0 Å². The zero-order valence-corrected chi connectivity index (χ0v) is 17.0. The van der Waals surface area contributed by atoms with Gasteiger partial charge in [-0.3, -0.25) is 0 Å². The second-order valence-corrected chi connectivity index (χ2v) is 10.9. The van der Waals surface area contributed by atoms with Crippen molar-refractivity contribution in [1.29, 1.82) is 0 Å². The van der Waals surface area contributed by atoms with Gasteiger partial charge >= 0.3 is 6.18 Å². The summed E-state index contributed by atoms with van der Waals surface area (Å²) in [4.78, 5) is 0. The van der Waals surface area contributed by atoms with E-state index in [-0.39, 0.29) is 24.2 Å². The van der Waals surface area contributed by atoms with E-state index in [2.05, 4.69) is 27.4 Å². The molecule has 0 aromatic carbocycles. The molecule has 0 heterocycles. The fraction of sp³-hybridized carbons (Fsp3) is 0.913. The number of alkyl halides is 3. The summed E-state index contributed by atoms with van der Waals surface area (Å²) in [6.45, 7) is 11.1. The summed E-state index contributed by atoms with van der Waals surface area (Å²) >= 11 is 0. The lowest BCUT2D eigenvalue weighted by molar-refractivity contribution is -0.290. The number of allylic oxidation sites excluding steroid dienone is 1. The monoisotopic (exact) mass is 384 g/mol. The van der Waals surface area contributed by atoms with Crippen molar-refractivity contribution in [2.75, 3.05) is 0 Å². The van der Waals surface area contributed by atoms with Gasteiger partial charge in [-0.05, 0) is 105 Å². The molecule has 4 aliphatic rings. The molecule has 1 nitrogen and oxygen atoms in total. The van der Waals surface area contributed by atoms with Crippen LogP contribution in [0.2, 0.25) is 0 Å². The standard InChI is InChI=1S/C23H35F3O/c1-14(2)17-7-8-18-16-6-5-15-13-22(27,23(24,25)26)12-11-20(15,3)19(16)9-10-21(17,18)4/h15-19,27H,1,5-13H2,2-4H3/t15-,16-,17+,18-,19-,20-,21+,22-/m0/s1. The Labute approximate surface area is 161 Å². The summed E-state index contributed by atoms with van der Waals surface area (Å²) in [5, 5.41) is 10.3. The molecule has 27 heavy (non-hydrogen) atoms. The van der Waals surface area contributed by atoms with Gasteiger partial charge in [0.1, 0.15) is 0 Å². The average Bonchev–Trinajstić information content (AvgIpc) is 2.92. The van der Waals surface area contributed by atoms with E-state index in [1.807, 2.05) is 0 Å². The Morgan fingerprint density at radius 1 is 0.926 bits per heavy atom. The van der Waals surface area contributed by atoms with Crippen molar-refractivity contribution in [2.24, 2.45) is 40.4 Å². The van der Waals surface area contributed by atoms with Gasteiger partial charge in [0.25, 0.3) is 0 Å². The highest BCUT2D eigenvalue weighted by atomic mass is 19.4. The predicted octanol–water partition coefficient (Wildman–Crippen LogP) is 6.51. The van der Waals surface area contributed by atoms with Crippen LogP contribution in [-0.4, -0.2) is 16.9 Å². The third-order valence-corrected chi connectivity index (χ3v) is 9.85. The summed E-state index contributed by atoms with van der Waals surface area (Å²) in [6, 6.07) is 0. The van der Waals surface area contributed by atoms with Crippen molar-refractivity contribution < 1.29 is 18.3 Å². The second kappa shape index (κ2) is 6.00. The van der Waals surface area contributed by atoms with E-state index in [0.717, 1.165) is 19.3 Å². The normalized spacial score (nSPS) is 52.6. The fourth-order valence-corrected chi connectivity index (χ4v) is 8.31. The van der Waals surface area contributed by atoms with Gasteiger partial charge in [0.05, 0.1) is 0 Å². The van der Waals surface area contributed by atoms with Crippen LogP contribution in [0.3, 0.4) is 0 Å². The van der Waals surface area contributed by atoms with Crippen LogP contribution < -0.4 is 0 Å². The molecule has 0 aromatic heterocycles. The molecule has 4 heteroatoms. The Hall–Kier alpha value is -0.510. The van der Waals surface area contributed by atoms with Crippen LogP contribution >= 0.6 is 0 Å². The van der Waals surface area contributed by atoms with Crippen molar-refractivity contribution in [1.82, 2.24) is 0 Å². The van der Waals surface area contributed by atoms with Crippen molar-refractivity contribution in [3.63, 3.8) is 0 Å². The third kappa shape index (κ3) is 2.68. The average molecular weight is 385 g/mol. The molecule has 1 N–H and O–H groups in total. The summed E-state index contributed by atoms with van der Waals surface area (Å²) < 4.78 is 40.3. The highest BCUT2D eigenvalue weighted by Crippen LogP contribution is 2.69.